The first-order chi connectivity index (χ1) is 10.6. The molecule has 0 aliphatic rings. The van der Waals surface area contributed by atoms with Gasteiger partial charge in [-0.1, -0.05) is 23.7 Å². The Morgan fingerprint density at radius 2 is 2.14 bits per heavy atom. The summed E-state index contributed by atoms with van der Waals surface area (Å²) in [5.41, 5.74) is 1.16. The molecule has 6 heteroatoms. The van der Waals surface area contributed by atoms with Crippen LogP contribution in [0.2, 0.25) is 5.02 Å². The molecule has 2 rings (SSSR count). The number of thiazole rings is 1. The summed E-state index contributed by atoms with van der Waals surface area (Å²) < 4.78 is 0. The molecule has 0 spiro atoms. The first kappa shape index (κ1) is 16.9. The minimum Gasteiger partial charge on any atom is -0.355 e. The van der Waals surface area contributed by atoms with Crippen LogP contribution in [0, 0.1) is 0 Å². The van der Waals surface area contributed by atoms with Crippen LogP contribution in [0.15, 0.2) is 35.8 Å². The highest BCUT2D eigenvalue weighted by Gasteiger charge is 2.16. The van der Waals surface area contributed by atoms with Gasteiger partial charge in [-0.2, -0.15) is 0 Å². The molecule has 1 heterocycles. The Kier molecular flexibility index (Phi) is 6.36. The van der Waals surface area contributed by atoms with Gasteiger partial charge in [-0.3, -0.25) is 9.69 Å². The molecule has 0 aliphatic carbocycles. The average Bonchev–Trinajstić information content (AvgIpc) is 3.02. The van der Waals surface area contributed by atoms with E-state index < -0.39 is 0 Å². The van der Waals surface area contributed by atoms with Gasteiger partial charge in [0.15, 0.2) is 0 Å². The van der Waals surface area contributed by atoms with E-state index in [0.29, 0.717) is 13.1 Å². The smallest absolute Gasteiger partial charge is 0.234 e. The van der Waals surface area contributed by atoms with Crippen molar-refractivity contribution in [3.8, 4) is 0 Å². The van der Waals surface area contributed by atoms with Crippen LogP contribution in [0.4, 0.5) is 0 Å². The largest absolute Gasteiger partial charge is 0.355 e. The monoisotopic (exact) mass is 337 g/mol. The SMILES string of the molecule is CC(c1nccs1)N(C)CC(=O)NCCc1ccc(Cl)cc1. The lowest BCUT2D eigenvalue weighted by atomic mass is 10.1. The lowest BCUT2D eigenvalue weighted by Gasteiger charge is -2.22. The number of nitrogens with zero attached hydrogens (tertiary/aromatic N) is 2. The second-order valence-electron chi connectivity index (χ2n) is 5.19. The number of carbonyl (C=O) groups is 1. The summed E-state index contributed by atoms with van der Waals surface area (Å²) in [6.45, 7) is 3.04. The Hall–Kier alpha value is -1.43. The predicted octanol–water partition coefficient (Wildman–Crippen LogP) is 3.15. The zero-order valence-electron chi connectivity index (χ0n) is 12.8. The average molecular weight is 338 g/mol. The molecule has 0 radical (unpaired) electrons. The van der Waals surface area contributed by atoms with Gasteiger partial charge in [-0.25, -0.2) is 4.98 Å². The van der Waals surface area contributed by atoms with Crippen LogP contribution in [0.3, 0.4) is 0 Å². The third-order valence-electron chi connectivity index (χ3n) is 3.51. The molecule has 4 nitrogen and oxygen atoms in total. The molecule has 1 aromatic heterocycles. The lowest BCUT2D eigenvalue weighted by molar-refractivity contribution is -0.122. The Morgan fingerprint density at radius 3 is 2.77 bits per heavy atom. The van der Waals surface area contributed by atoms with E-state index in [9.17, 15) is 4.79 Å². The summed E-state index contributed by atoms with van der Waals surface area (Å²) in [6.07, 6.45) is 2.59. The van der Waals surface area contributed by atoms with E-state index in [1.165, 1.54) is 0 Å². The maximum atomic E-state index is 12.0. The maximum absolute atomic E-state index is 12.0. The lowest BCUT2D eigenvalue weighted by Crippen LogP contribution is -2.37. The quantitative estimate of drug-likeness (QED) is 0.844. The molecule has 1 amide bonds. The summed E-state index contributed by atoms with van der Waals surface area (Å²) >= 11 is 7.45. The van der Waals surface area contributed by atoms with Gasteiger partial charge >= 0.3 is 0 Å². The third kappa shape index (κ3) is 5.09. The van der Waals surface area contributed by atoms with Crippen molar-refractivity contribution in [2.75, 3.05) is 20.1 Å². The van der Waals surface area contributed by atoms with Crippen LogP contribution in [0.25, 0.3) is 0 Å². The number of nitrogens with one attached hydrogen (secondary N) is 1. The molecule has 0 fully saturated rings. The Bertz CT molecular complexity index is 586. The van der Waals surface area contributed by atoms with Crippen molar-refractivity contribution in [1.82, 2.24) is 15.2 Å². The van der Waals surface area contributed by atoms with Crippen molar-refractivity contribution < 1.29 is 4.79 Å². The fourth-order valence-electron chi connectivity index (χ4n) is 2.05. The molecule has 118 valence electrons. The van der Waals surface area contributed by atoms with E-state index in [1.54, 1.807) is 17.5 Å². The molecule has 0 aliphatic heterocycles. The standard InChI is InChI=1S/C16H20ClN3OS/c1-12(16-19-9-10-22-16)20(2)11-15(21)18-8-7-13-3-5-14(17)6-4-13/h3-6,9-10,12H,7-8,11H2,1-2H3,(H,18,21). The zero-order valence-corrected chi connectivity index (χ0v) is 14.3. The van der Waals surface area contributed by atoms with Crippen LogP contribution >= 0.6 is 22.9 Å². The van der Waals surface area contributed by atoms with Gasteiger partial charge in [0.05, 0.1) is 12.6 Å². The van der Waals surface area contributed by atoms with Crippen molar-refractivity contribution >= 4 is 28.8 Å². The molecule has 0 saturated heterocycles. The molecule has 1 aromatic carbocycles. The van der Waals surface area contributed by atoms with E-state index in [1.807, 2.05) is 41.6 Å². The van der Waals surface area contributed by atoms with Crippen LogP contribution < -0.4 is 5.32 Å². The van der Waals surface area contributed by atoms with Crippen LogP contribution in [-0.2, 0) is 11.2 Å². The van der Waals surface area contributed by atoms with Crippen molar-refractivity contribution in [2.24, 2.45) is 0 Å². The fourth-order valence-corrected chi connectivity index (χ4v) is 2.93. The summed E-state index contributed by atoms with van der Waals surface area (Å²) in [5.74, 6) is 0.0277. The zero-order chi connectivity index (χ0) is 15.9. The predicted molar refractivity (Wildman–Crippen MR) is 91.3 cm³/mol. The molecule has 0 saturated carbocycles. The van der Waals surface area contributed by atoms with E-state index >= 15 is 0 Å². The molecule has 1 unspecified atom stereocenters. The van der Waals surface area contributed by atoms with Crippen molar-refractivity contribution in [3.05, 3.63) is 51.4 Å². The van der Waals surface area contributed by atoms with Gasteiger partial charge in [0.25, 0.3) is 0 Å². The Morgan fingerprint density at radius 1 is 1.41 bits per heavy atom. The van der Waals surface area contributed by atoms with Crippen molar-refractivity contribution in [2.45, 2.75) is 19.4 Å². The molecule has 1 N–H and O–H groups in total. The molecule has 1 atom stereocenters. The molecule has 22 heavy (non-hydrogen) atoms. The molecule has 0 bridgehead atoms. The van der Waals surface area contributed by atoms with Gasteiger partial charge in [0.2, 0.25) is 5.91 Å². The van der Waals surface area contributed by atoms with E-state index in [0.717, 1.165) is 22.0 Å². The molecular weight excluding hydrogens is 318 g/mol. The maximum Gasteiger partial charge on any atom is 0.234 e. The van der Waals surface area contributed by atoms with E-state index in [2.05, 4.69) is 17.2 Å². The summed E-state index contributed by atoms with van der Waals surface area (Å²) in [5, 5.41) is 6.65. The summed E-state index contributed by atoms with van der Waals surface area (Å²) in [4.78, 5) is 18.3. The highest BCUT2D eigenvalue weighted by Crippen LogP contribution is 2.20. The van der Waals surface area contributed by atoms with Crippen LogP contribution in [0.1, 0.15) is 23.5 Å². The van der Waals surface area contributed by atoms with E-state index in [4.69, 9.17) is 11.6 Å². The third-order valence-corrected chi connectivity index (χ3v) is 4.71. The van der Waals surface area contributed by atoms with Gasteiger partial charge in [0, 0.05) is 23.1 Å². The topological polar surface area (TPSA) is 45.2 Å². The number of likely N-dealkylation sites (N-methyl/N-ethyl adjacent to an activating group) is 1. The normalized spacial score (nSPS) is 12.4. The second kappa shape index (κ2) is 8.27. The second-order valence-corrected chi connectivity index (χ2v) is 6.55. The minimum absolute atomic E-state index is 0.0277. The van der Waals surface area contributed by atoms with Gasteiger partial charge < -0.3 is 5.32 Å². The number of halogens is 1. The first-order valence-electron chi connectivity index (χ1n) is 7.17. The number of aromatic nitrogens is 1. The number of carbonyl (C=O) groups excluding carboxylic acids is 1. The van der Waals surface area contributed by atoms with E-state index in [-0.39, 0.29) is 11.9 Å². The Labute approximate surface area is 140 Å². The number of amides is 1. The first-order valence-corrected chi connectivity index (χ1v) is 8.43. The van der Waals surface area contributed by atoms with Gasteiger partial charge in [-0.15, -0.1) is 11.3 Å². The van der Waals surface area contributed by atoms with Crippen LogP contribution in [0.5, 0.6) is 0 Å². The summed E-state index contributed by atoms with van der Waals surface area (Å²) in [7, 11) is 1.94. The highest BCUT2D eigenvalue weighted by molar-refractivity contribution is 7.09. The van der Waals surface area contributed by atoms with Crippen LogP contribution in [-0.4, -0.2) is 35.9 Å². The highest BCUT2D eigenvalue weighted by atomic mass is 35.5. The minimum atomic E-state index is 0.0277. The number of rotatable bonds is 7. The fraction of sp³-hybridized carbons (Fsp3) is 0.375. The van der Waals surface area contributed by atoms with Gasteiger partial charge in [0.1, 0.15) is 5.01 Å². The number of hydrogen-bond donors (Lipinski definition) is 1. The van der Waals surface area contributed by atoms with Gasteiger partial charge in [-0.05, 0) is 38.1 Å². The van der Waals surface area contributed by atoms with Crippen molar-refractivity contribution in [1.29, 1.82) is 0 Å². The summed E-state index contributed by atoms with van der Waals surface area (Å²) in [6, 6.07) is 7.82. The van der Waals surface area contributed by atoms with Crippen molar-refractivity contribution in [3.63, 3.8) is 0 Å². The number of benzene rings is 1. The number of hydrogen-bond acceptors (Lipinski definition) is 4. The molecule has 2 aromatic rings. The Balaban J connectivity index is 1.72. The molecular formula is C16H20ClN3OS.